The lowest BCUT2D eigenvalue weighted by Crippen LogP contribution is -2.29. The average molecular weight is 372 g/mol. The van der Waals surface area contributed by atoms with Gasteiger partial charge in [-0.25, -0.2) is 13.2 Å². The van der Waals surface area contributed by atoms with Gasteiger partial charge in [0.15, 0.2) is 11.6 Å². The highest BCUT2D eigenvalue weighted by molar-refractivity contribution is 5.72. The maximum Gasteiger partial charge on any atom is 0.333 e. The van der Waals surface area contributed by atoms with Gasteiger partial charge in [0.1, 0.15) is 5.82 Å². The molecule has 1 atom stereocenters. The molecule has 2 aromatic rings. The van der Waals surface area contributed by atoms with E-state index in [1.807, 2.05) is 0 Å². The number of carbonyl (C=O) groups is 1. The molecular weight excluding hydrogens is 357 g/mol. The van der Waals surface area contributed by atoms with Crippen molar-refractivity contribution in [3.05, 3.63) is 35.1 Å². The Morgan fingerprint density at radius 1 is 1.00 bits per heavy atom. The van der Waals surface area contributed by atoms with E-state index in [-0.39, 0.29) is 36.4 Å². The van der Waals surface area contributed by atoms with Crippen LogP contribution in [0.15, 0.2) is 12.1 Å². The van der Waals surface area contributed by atoms with E-state index < -0.39 is 29.5 Å². The minimum absolute atomic E-state index is 0.132. The third-order valence-electron chi connectivity index (χ3n) is 3.14. The number of nitrogens with zero attached hydrogens (tertiary/aromatic N) is 3. The van der Waals surface area contributed by atoms with Gasteiger partial charge in [-0.1, -0.05) is 0 Å². The second-order valence-electron chi connectivity index (χ2n) is 5.09. The molecule has 0 saturated heterocycles. The van der Waals surface area contributed by atoms with E-state index >= 15 is 0 Å². The van der Waals surface area contributed by atoms with Crippen molar-refractivity contribution < 1.29 is 32.2 Å². The molecule has 0 aliphatic heterocycles. The molecule has 1 aromatic carbocycles. The topological polar surface area (TPSA) is 109 Å². The Morgan fingerprint density at radius 2 is 1.54 bits per heavy atom. The summed E-state index contributed by atoms with van der Waals surface area (Å²) in [6, 6.07) is -0.436. The maximum absolute atomic E-state index is 13.6. The molecule has 1 aromatic heterocycles. The number of rotatable bonds is 7. The lowest BCUT2D eigenvalue weighted by molar-refractivity contribution is -0.135. The summed E-state index contributed by atoms with van der Waals surface area (Å²) in [5, 5.41) is 0. The van der Waals surface area contributed by atoms with Gasteiger partial charge in [-0.2, -0.15) is 0 Å². The quantitative estimate of drug-likeness (QED) is 0.570. The highest BCUT2D eigenvalue weighted by Gasteiger charge is 2.18. The maximum atomic E-state index is 13.6. The normalized spacial score (nSPS) is 11.8. The number of benzene rings is 1. The molecule has 0 unspecified atom stereocenters. The smallest absolute Gasteiger partial charge is 0.333 e. The number of hydrogen-bond acceptors (Lipinski definition) is 8. The van der Waals surface area contributed by atoms with E-state index in [1.165, 1.54) is 14.2 Å². The minimum atomic E-state index is -1.31. The summed E-state index contributed by atoms with van der Waals surface area (Å²) in [4.78, 5) is 23.0. The Balaban J connectivity index is 2.00. The zero-order valence-corrected chi connectivity index (χ0v) is 13.8. The summed E-state index contributed by atoms with van der Waals surface area (Å²) >= 11 is 0. The van der Waals surface area contributed by atoms with Crippen LogP contribution in [0.3, 0.4) is 0 Å². The van der Waals surface area contributed by atoms with Crippen molar-refractivity contribution >= 4 is 5.97 Å². The second-order valence-corrected chi connectivity index (χ2v) is 5.09. The number of nitrogens with two attached hydrogens (primary N) is 1. The summed E-state index contributed by atoms with van der Waals surface area (Å²) in [5.74, 6) is -4.30. The largest absolute Gasteiger partial charge is 0.467 e. The van der Waals surface area contributed by atoms with Crippen LogP contribution in [0.1, 0.15) is 12.0 Å². The first-order chi connectivity index (χ1) is 12.3. The van der Waals surface area contributed by atoms with E-state index in [0.29, 0.717) is 12.1 Å². The van der Waals surface area contributed by atoms with E-state index in [4.69, 9.17) is 19.9 Å². The van der Waals surface area contributed by atoms with Crippen molar-refractivity contribution in [2.45, 2.75) is 18.9 Å². The fourth-order valence-corrected chi connectivity index (χ4v) is 1.98. The van der Waals surface area contributed by atoms with Gasteiger partial charge in [-0.05, 0) is 18.1 Å². The Labute approximate surface area is 146 Å². The van der Waals surface area contributed by atoms with Crippen molar-refractivity contribution in [1.29, 1.82) is 0 Å². The van der Waals surface area contributed by atoms with Crippen molar-refractivity contribution in [3.63, 3.8) is 0 Å². The molecule has 0 aliphatic rings. The molecule has 0 amide bonds. The van der Waals surface area contributed by atoms with Crippen LogP contribution in [0, 0.1) is 17.5 Å². The van der Waals surface area contributed by atoms with E-state index in [9.17, 15) is 18.0 Å². The zero-order chi connectivity index (χ0) is 19.3. The minimum Gasteiger partial charge on any atom is -0.467 e. The van der Waals surface area contributed by atoms with Crippen molar-refractivity contribution in [2.24, 2.45) is 5.73 Å². The Morgan fingerprint density at radius 3 is 2.12 bits per heavy atom. The molecule has 26 heavy (non-hydrogen) atoms. The van der Waals surface area contributed by atoms with Crippen LogP contribution in [-0.2, 0) is 11.2 Å². The van der Waals surface area contributed by atoms with E-state index in [0.717, 1.165) is 0 Å². The Kier molecular flexibility index (Phi) is 6.28. The number of aromatic nitrogens is 3. The predicted octanol–water partition coefficient (Wildman–Crippen LogP) is 1.17. The standard InChI is InChI=1S/C15H15F3N4O4/c1-24-13-20-14(25-2)22-15(21-13)26-12(23)5-8(19)3-7-4-10(17)11(18)6-9(7)16/h4,6,8H,3,5,19H2,1-2H3/t8-/m1/s1. The molecular formula is C15H15F3N4O4. The van der Waals surface area contributed by atoms with E-state index in [1.54, 1.807) is 0 Å². The van der Waals surface area contributed by atoms with Gasteiger partial charge in [0, 0.05) is 12.1 Å². The highest BCUT2D eigenvalue weighted by Crippen LogP contribution is 2.17. The molecule has 1 heterocycles. The number of methoxy groups -OCH3 is 2. The van der Waals surface area contributed by atoms with Crippen LogP contribution in [-0.4, -0.2) is 41.2 Å². The third kappa shape index (κ3) is 5.02. The summed E-state index contributed by atoms with van der Waals surface area (Å²) in [6.07, 6.45) is -0.559. The number of halogens is 3. The molecule has 140 valence electrons. The Hall–Kier alpha value is -2.95. The predicted molar refractivity (Wildman–Crippen MR) is 81.2 cm³/mol. The fraction of sp³-hybridized carbons (Fsp3) is 0.333. The number of ether oxygens (including phenoxy) is 3. The van der Waals surface area contributed by atoms with Crippen molar-refractivity contribution in [2.75, 3.05) is 14.2 Å². The average Bonchev–Trinajstić information content (AvgIpc) is 2.58. The first kappa shape index (κ1) is 19.4. The van der Waals surface area contributed by atoms with Crippen molar-refractivity contribution in [3.8, 4) is 18.0 Å². The molecule has 0 aliphatic carbocycles. The van der Waals surface area contributed by atoms with Gasteiger partial charge in [-0.3, -0.25) is 4.79 Å². The third-order valence-corrected chi connectivity index (χ3v) is 3.14. The molecule has 11 heteroatoms. The van der Waals surface area contributed by atoms with Gasteiger partial charge < -0.3 is 19.9 Å². The molecule has 0 radical (unpaired) electrons. The van der Waals surface area contributed by atoms with Gasteiger partial charge in [0.2, 0.25) is 0 Å². The van der Waals surface area contributed by atoms with Crippen LogP contribution < -0.4 is 19.9 Å². The van der Waals surface area contributed by atoms with Crippen LogP contribution >= 0.6 is 0 Å². The van der Waals surface area contributed by atoms with Crippen LogP contribution in [0.5, 0.6) is 18.0 Å². The van der Waals surface area contributed by atoms with Gasteiger partial charge >= 0.3 is 24.0 Å². The SMILES string of the molecule is COc1nc(OC)nc(OC(=O)C[C@H](N)Cc2cc(F)c(F)cc2F)n1. The zero-order valence-electron chi connectivity index (χ0n) is 13.8. The fourth-order valence-electron chi connectivity index (χ4n) is 1.98. The van der Waals surface area contributed by atoms with Gasteiger partial charge in [0.05, 0.1) is 20.6 Å². The van der Waals surface area contributed by atoms with E-state index in [2.05, 4.69) is 15.0 Å². The lowest BCUT2D eigenvalue weighted by atomic mass is 10.0. The summed E-state index contributed by atoms with van der Waals surface area (Å²) < 4.78 is 54.2. The molecule has 0 saturated carbocycles. The second kappa shape index (κ2) is 8.43. The Bertz CT molecular complexity index is 784. The number of carbonyl (C=O) groups excluding carboxylic acids is 1. The number of esters is 1. The van der Waals surface area contributed by atoms with Crippen LogP contribution in [0.25, 0.3) is 0 Å². The molecule has 0 spiro atoms. The van der Waals surface area contributed by atoms with Gasteiger partial charge in [0.25, 0.3) is 0 Å². The first-order valence-electron chi connectivity index (χ1n) is 7.26. The molecule has 2 rings (SSSR count). The number of hydrogen-bond donors (Lipinski definition) is 1. The van der Waals surface area contributed by atoms with Crippen LogP contribution in [0.4, 0.5) is 13.2 Å². The molecule has 0 fully saturated rings. The molecule has 0 bridgehead atoms. The van der Waals surface area contributed by atoms with Crippen LogP contribution in [0.2, 0.25) is 0 Å². The molecule has 2 N–H and O–H groups in total. The highest BCUT2D eigenvalue weighted by atomic mass is 19.2. The monoisotopic (exact) mass is 372 g/mol. The van der Waals surface area contributed by atoms with Gasteiger partial charge in [-0.15, -0.1) is 15.0 Å². The van der Waals surface area contributed by atoms with Crippen molar-refractivity contribution in [1.82, 2.24) is 15.0 Å². The summed E-state index contributed by atoms with van der Waals surface area (Å²) in [7, 11) is 2.60. The molecule has 8 nitrogen and oxygen atoms in total. The summed E-state index contributed by atoms with van der Waals surface area (Å²) in [5.41, 5.74) is 5.58. The first-order valence-corrected chi connectivity index (χ1v) is 7.26. The summed E-state index contributed by atoms with van der Waals surface area (Å²) in [6.45, 7) is 0. The lowest BCUT2D eigenvalue weighted by Gasteiger charge is -2.12.